The summed E-state index contributed by atoms with van der Waals surface area (Å²) < 4.78 is 35.6. The van der Waals surface area contributed by atoms with Crippen LogP contribution in [0.1, 0.15) is 23.7 Å². The first-order valence-corrected chi connectivity index (χ1v) is 8.10. The van der Waals surface area contributed by atoms with Crippen LogP contribution in [0.15, 0.2) is 29.2 Å². The van der Waals surface area contributed by atoms with Crippen LogP contribution in [-0.2, 0) is 19.5 Å². The van der Waals surface area contributed by atoms with E-state index in [2.05, 4.69) is 0 Å². The van der Waals surface area contributed by atoms with E-state index in [1.807, 2.05) is 0 Å². The molecule has 0 unspecified atom stereocenters. The van der Waals surface area contributed by atoms with Crippen molar-refractivity contribution in [2.75, 3.05) is 33.9 Å². The molecule has 0 heterocycles. The van der Waals surface area contributed by atoms with Crippen LogP contribution in [0.4, 0.5) is 0 Å². The van der Waals surface area contributed by atoms with Crippen LogP contribution in [0.2, 0.25) is 0 Å². The molecule has 0 radical (unpaired) electrons. The van der Waals surface area contributed by atoms with Gasteiger partial charge in [0, 0.05) is 27.3 Å². The van der Waals surface area contributed by atoms with Crippen molar-refractivity contribution in [1.29, 1.82) is 0 Å². The zero-order valence-electron chi connectivity index (χ0n) is 12.5. The number of hydrogen-bond acceptors (Lipinski definition) is 5. The lowest BCUT2D eigenvalue weighted by molar-refractivity contribution is 0.0526. The fourth-order valence-corrected chi connectivity index (χ4v) is 2.92. The number of rotatable bonds is 8. The summed E-state index contributed by atoms with van der Waals surface area (Å²) >= 11 is 0. The molecule has 0 spiro atoms. The molecule has 0 fully saturated rings. The maximum absolute atomic E-state index is 12.3. The number of nitrogens with zero attached hydrogens (tertiary/aromatic N) is 1. The van der Waals surface area contributed by atoms with Gasteiger partial charge in [-0.1, -0.05) is 0 Å². The van der Waals surface area contributed by atoms with E-state index in [1.165, 1.54) is 35.6 Å². The van der Waals surface area contributed by atoms with Gasteiger partial charge in [0.2, 0.25) is 10.0 Å². The van der Waals surface area contributed by atoms with Gasteiger partial charge in [0.25, 0.3) is 0 Å². The molecule has 0 aliphatic carbocycles. The fraction of sp³-hybridized carbons (Fsp3) is 0.500. The molecule has 0 atom stereocenters. The first-order valence-electron chi connectivity index (χ1n) is 6.66. The van der Waals surface area contributed by atoms with Crippen LogP contribution in [0.25, 0.3) is 0 Å². The van der Waals surface area contributed by atoms with Crippen LogP contribution in [0, 0.1) is 0 Å². The minimum absolute atomic E-state index is 0.149. The SMILES string of the molecule is CCOC(=O)c1ccc(S(=O)(=O)N(C)CCCOC)cc1. The Hall–Kier alpha value is -1.44. The molecule has 0 amide bonds. The van der Waals surface area contributed by atoms with Gasteiger partial charge in [0.1, 0.15) is 0 Å². The average Bonchev–Trinajstić information content (AvgIpc) is 2.47. The van der Waals surface area contributed by atoms with Crippen molar-refractivity contribution in [1.82, 2.24) is 4.31 Å². The Morgan fingerprint density at radius 2 is 1.86 bits per heavy atom. The second-order valence-corrected chi connectivity index (χ2v) is 6.46. The number of ether oxygens (including phenoxy) is 2. The predicted octanol–water partition coefficient (Wildman–Crippen LogP) is 1.52. The van der Waals surface area contributed by atoms with Crippen LogP contribution in [-0.4, -0.2) is 52.6 Å². The largest absolute Gasteiger partial charge is 0.462 e. The molecule has 0 saturated carbocycles. The van der Waals surface area contributed by atoms with Gasteiger partial charge >= 0.3 is 5.97 Å². The maximum Gasteiger partial charge on any atom is 0.338 e. The molecule has 1 rings (SSSR count). The summed E-state index contributed by atoms with van der Waals surface area (Å²) in [5.41, 5.74) is 0.331. The third-order valence-corrected chi connectivity index (χ3v) is 4.77. The quantitative estimate of drug-likeness (QED) is 0.537. The van der Waals surface area contributed by atoms with Gasteiger partial charge in [-0.15, -0.1) is 0 Å². The van der Waals surface area contributed by atoms with Crippen LogP contribution in [0.5, 0.6) is 0 Å². The van der Waals surface area contributed by atoms with Crippen molar-refractivity contribution in [3.8, 4) is 0 Å². The average molecular weight is 315 g/mol. The third kappa shape index (κ3) is 4.80. The molecule has 1 aromatic rings. The first kappa shape index (κ1) is 17.6. The molecular formula is C14H21NO5S. The second-order valence-electron chi connectivity index (χ2n) is 4.42. The summed E-state index contributed by atoms with van der Waals surface area (Å²) in [6.07, 6.45) is 0.618. The van der Waals surface area contributed by atoms with Gasteiger partial charge in [-0.05, 0) is 37.6 Å². The van der Waals surface area contributed by atoms with E-state index < -0.39 is 16.0 Å². The molecule has 6 nitrogen and oxygen atoms in total. The summed E-state index contributed by atoms with van der Waals surface area (Å²) in [5, 5.41) is 0. The van der Waals surface area contributed by atoms with Crippen molar-refractivity contribution >= 4 is 16.0 Å². The fourth-order valence-electron chi connectivity index (χ4n) is 1.71. The molecule has 118 valence electrons. The summed E-state index contributed by atoms with van der Waals surface area (Å²) in [6.45, 7) is 2.87. The molecule has 21 heavy (non-hydrogen) atoms. The number of esters is 1. The Morgan fingerprint density at radius 3 is 2.38 bits per heavy atom. The van der Waals surface area contributed by atoms with Crippen molar-refractivity contribution in [2.24, 2.45) is 0 Å². The monoisotopic (exact) mass is 315 g/mol. The summed E-state index contributed by atoms with van der Waals surface area (Å²) in [6, 6.07) is 5.73. The molecule has 0 saturated heterocycles. The highest BCUT2D eigenvalue weighted by Gasteiger charge is 2.20. The van der Waals surface area contributed by atoms with Crippen LogP contribution in [0.3, 0.4) is 0 Å². The maximum atomic E-state index is 12.3. The van der Waals surface area contributed by atoms with Crippen LogP contribution >= 0.6 is 0 Å². The van der Waals surface area contributed by atoms with Gasteiger partial charge in [0.15, 0.2) is 0 Å². The van der Waals surface area contributed by atoms with Crippen molar-refractivity contribution in [3.63, 3.8) is 0 Å². The van der Waals surface area contributed by atoms with Crippen molar-refractivity contribution in [2.45, 2.75) is 18.2 Å². The Labute approximate surface area is 125 Å². The highest BCUT2D eigenvalue weighted by molar-refractivity contribution is 7.89. The van der Waals surface area contributed by atoms with E-state index in [1.54, 1.807) is 14.0 Å². The normalized spacial score (nSPS) is 11.6. The molecule has 0 aliphatic rings. The Balaban J connectivity index is 2.82. The number of methoxy groups -OCH3 is 1. The summed E-state index contributed by atoms with van der Waals surface area (Å²) in [7, 11) is -0.458. The Kier molecular flexibility index (Phi) is 6.80. The van der Waals surface area contributed by atoms with Gasteiger partial charge in [-0.2, -0.15) is 0 Å². The standard InChI is InChI=1S/C14H21NO5S/c1-4-20-14(16)12-6-8-13(9-7-12)21(17,18)15(2)10-5-11-19-3/h6-9H,4-5,10-11H2,1-3H3. The first-order chi connectivity index (χ1) is 9.93. The molecule has 0 aliphatic heterocycles. The minimum atomic E-state index is -3.55. The number of sulfonamides is 1. The lowest BCUT2D eigenvalue weighted by Gasteiger charge is -2.17. The second kappa shape index (κ2) is 8.11. The molecule has 7 heteroatoms. The van der Waals surface area contributed by atoms with Crippen molar-refractivity contribution in [3.05, 3.63) is 29.8 Å². The van der Waals surface area contributed by atoms with E-state index in [0.717, 1.165) is 0 Å². The van der Waals surface area contributed by atoms with Crippen LogP contribution < -0.4 is 0 Å². The lowest BCUT2D eigenvalue weighted by Crippen LogP contribution is -2.28. The Morgan fingerprint density at radius 1 is 1.24 bits per heavy atom. The Bertz CT molecular complexity index is 553. The van der Waals surface area contributed by atoms with Gasteiger partial charge < -0.3 is 9.47 Å². The number of carbonyl (C=O) groups is 1. The highest BCUT2D eigenvalue weighted by Crippen LogP contribution is 2.16. The van der Waals surface area contributed by atoms with Gasteiger partial charge in [0.05, 0.1) is 17.1 Å². The summed E-state index contributed by atoms with van der Waals surface area (Å²) in [5.74, 6) is -0.463. The predicted molar refractivity (Wildman–Crippen MR) is 78.7 cm³/mol. The van der Waals surface area contributed by atoms with Gasteiger partial charge in [-0.3, -0.25) is 0 Å². The minimum Gasteiger partial charge on any atom is -0.462 e. The van der Waals surface area contributed by atoms with E-state index in [4.69, 9.17) is 9.47 Å². The summed E-state index contributed by atoms with van der Waals surface area (Å²) in [4.78, 5) is 11.7. The number of carbonyl (C=O) groups excluding carboxylic acids is 1. The van der Waals surface area contributed by atoms with E-state index >= 15 is 0 Å². The third-order valence-electron chi connectivity index (χ3n) is 2.90. The van der Waals surface area contributed by atoms with E-state index in [-0.39, 0.29) is 11.5 Å². The van der Waals surface area contributed by atoms with E-state index in [9.17, 15) is 13.2 Å². The van der Waals surface area contributed by atoms with E-state index in [0.29, 0.717) is 25.1 Å². The molecule has 0 N–H and O–H groups in total. The molecule has 0 bridgehead atoms. The number of hydrogen-bond donors (Lipinski definition) is 0. The van der Waals surface area contributed by atoms with Gasteiger partial charge in [-0.25, -0.2) is 17.5 Å². The zero-order valence-corrected chi connectivity index (χ0v) is 13.4. The molecule has 0 aromatic heterocycles. The molecular weight excluding hydrogens is 294 g/mol. The van der Waals surface area contributed by atoms with Crippen molar-refractivity contribution < 1.29 is 22.7 Å². The smallest absolute Gasteiger partial charge is 0.338 e. The zero-order chi connectivity index (χ0) is 15.9. The topological polar surface area (TPSA) is 72.9 Å². The number of benzene rings is 1. The highest BCUT2D eigenvalue weighted by atomic mass is 32.2. The molecule has 1 aromatic carbocycles. The lowest BCUT2D eigenvalue weighted by atomic mass is 10.2.